The molecule has 0 bridgehead atoms. The lowest BCUT2D eigenvalue weighted by atomic mass is 9.94. The summed E-state index contributed by atoms with van der Waals surface area (Å²) in [6.45, 7) is 9.34. The van der Waals surface area contributed by atoms with Crippen LogP contribution in [-0.4, -0.2) is 67.9 Å². The molecular formula is C18H28N2O2S. The normalized spacial score (nSPS) is 33.5. The molecule has 1 spiro atoms. The fourth-order valence-corrected chi connectivity index (χ4v) is 5.09. The summed E-state index contributed by atoms with van der Waals surface area (Å²) in [7, 11) is 0. The summed E-state index contributed by atoms with van der Waals surface area (Å²) in [4.78, 5) is 6.58. The molecule has 23 heavy (non-hydrogen) atoms. The number of nitrogens with zero attached hydrogens (tertiary/aromatic N) is 2. The maximum Gasteiger partial charge on any atom is 0.104 e. The Bertz CT molecular complexity index is 489. The Morgan fingerprint density at radius 3 is 2.96 bits per heavy atom. The summed E-state index contributed by atoms with van der Waals surface area (Å²) < 4.78 is 12.3. The molecule has 5 heteroatoms. The lowest BCUT2D eigenvalue weighted by Crippen LogP contribution is -2.44. The molecule has 0 aromatic carbocycles. The summed E-state index contributed by atoms with van der Waals surface area (Å²) in [5.74, 6) is 0.679. The Morgan fingerprint density at radius 1 is 1.22 bits per heavy atom. The van der Waals surface area contributed by atoms with E-state index in [0.29, 0.717) is 5.92 Å². The molecule has 3 saturated heterocycles. The zero-order chi connectivity index (χ0) is 15.5. The average Bonchev–Trinajstić information content (AvgIpc) is 3.25. The zero-order valence-corrected chi connectivity index (χ0v) is 14.7. The summed E-state index contributed by atoms with van der Waals surface area (Å²) >= 11 is 1.85. The molecule has 3 fully saturated rings. The molecule has 4 nitrogen and oxygen atoms in total. The van der Waals surface area contributed by atoms with Crippen molar-refractivity contribution in [2.75, 3.05) is 52.5 Å². The minimum absolute atomic E-state index is 0.0713. The van der Waals surface area contributed by atoms with Gasteiger partial charge >= 0.3 is 0 Å². The van der Waals surface area contributed by atoms with Crippen molar-refractivity contribution in [3.63, 3.8) is 0 Å². The zero-order valence-electron chi connectivity index (χ0n) is 13.9. The van der Waals surface area contributed by atoms with Crippen LogP contribution in [0.1, 0.15) is 24.1 Å². The van der Waals surface area contributed by atoms with Crippen LogP contribution in [0, 0.1) is 5.92 Å². The molecule has 0 aliphatic carbocycles. The standard InChI is InChI=1S/C18H28N2O2S/c1-2-6-19(5-1)11-16-10-18(22-13-16)14-20(7-8-21-15-18)12-17-4-3-9-23-17/h3-4,9,16H,1-2,5-8,10-15H2/t16-,18+/m1/s1. The van der Waals surface area contributed by atoms with E-state index >= 15 is 0 Å². The number of hydrogen-bond donors (Lipinski definition) is 0. The van der Waals surface area contributed by atoms with E-state index in [-0.39, 0.29) is 5.60 Å². The number of hydrogen-bond acceptors (Lipinski definition) is 5. The predicted molar refractivity (Wildman–Crippen MR) is 92.9 cm³/mol. The first-order chi connectivity index (χ1) is 11.3. The molecule has 4 heterocycles. The molecule has 4 rings (SSSR count). The minimum Gasteiger partial charge on any atom is -0.377 e. The van der Waals surface area contributed by atoms with Crippen LogP contribution in [-0.2, 0) is 16.0 Å². The van der Waals surface area contributed by atoms with Crippen LogP contribution in [0.5, 0.6) is 0 Å². The highest BCUT2D eigenvalue weighted by Crippen LogP contribution is 2.34. The topological polar surface area (TPSA) is 24.9 Å². The molecule has 1 aromatic heterocycles. The van der Waals surface area contributed by atoms with E-state index in [9.17, 15) is 0 Å². The Balaban J connectivity index is 1.36. The van der Waals surface area contributed by atoms with Crippen LogP contribution in [0.15, 0.2) is 17.5 Å². The largest absolute Gasteiger partial charge is 0.377 e. The third-order valence-electron chi connectivity index (χ3n) is 5.39. The third-order valence-corrected chi connectivity index (χ3v) is 6.25. The van der Waals surface area contributed by atoms with E-state index in [0.717, 1.165) is 45.9 Å². The lowest BCUT2D eigenvalue weighted by molar-refractivity contribution is -0.0562. The van der Waals surface area contributed by atoms with Gasteiger partial charge in [-0.3, -0.25) is 4.90 Å². The van der Waals surface area contributed by atoms with E-state index in [2.05, 4.69) is 27.3 Å². The number of rotatable bonds is 4. The molecule has 3 aliphatic heterocycles. The smallest absolute Gasteiger partial charge is 0.104 e. The molecule has 0 radical (unpaired) electrons. The second-order valence-electron chi connectivity index (χ2n) is 7.41. The van der Waals surface area contributed by atoms with Gasteiger partial charge in [-0.25, -0.2) is 0 Å². The highest BCUT2D eigenvalue weighted by Gasteiger charge is 2.43. The molecular weight excluding hydrogens is 308 g/mol. The van der Waals surface area contributed by atoms with Crippen LogP contribution < -0.4 is 0 Å². The van der Waals surface area contributed by atoms with Crippen molar-refractivity contribution >= 4 is 11.3 Å². The van der Waals surface area contributed by atoms with Crippen molar-refractivity contribution in [2.24, 2.45) is 5.92 Å². The number of likely N-dealkylation sites (tertiary alicyclic amines) is 1. The van der Waals surface area contributed by atoms with Gasteiger partial charge in [0.05, 0.1) is 19.8 Å². The lowest BCUT2D eigenvalue weighted by Gasteiger charge is -2.31. The fourth-order valence-electron chi connectivity index (χ4n) is 4.34. The molecule has 0 amide bonds. The second-order valence-corrected chi connectivity index (χ2v) is 8.45. The van der Waals surface area contributed by atoms with Crippen molar-refractivity contribution in [2.45, 2.75) is 31.4 Å². The quantitative estimate of drug-likeness (QED) is 0.843. The molecule has 128 valence electrons. The Hall–Kier alpha value is -0.460. The van der Waals surface area contributed by atoms with Gasteiger partial charge < -0.3 is 14.4 Å². The molecule has 0 saturated carbocycles. The number of ether oxygens (including phenoxy) is 2. The summed E-state index contributed by atoms with van der Waals surface area (Å²) in [5, 5.41) is 2.16. The molecule has 1 aromatic rings. The first-order valence-corrected chi connectivity index (χ1v) is 9.88. The highest BCUT2D eigenvalue weighted by molar-refractivity contribution is 7.09. The van der Waals surface area contributed by atoms with Gasteiger partial charge in [0, 0.05) is 31.1 Å². The number of thiophene rings is 1. The van der Waals surface area contributed by atoms with Crippen molar-refractivity contribution in [3.8, 4) is 0 Å². The van der Waals surface area contributed by atoms with Crippen LogP contribution in [0.25, 0.3) is 0 Å². The Morgan fingerprint density at radius 2 is 2.13 bits per heavy atom. The summed E-state index contributed by atoms with van der Waals surface area (Å²) in [6.07, 6.45) is 3.90. The van der Waals surface area contributed by atoms with Crippen molar-refractivity contribution in [1.29, 1.82) is 0 Å². The second kappa shape index (κ2) is 7.19. The summed E-state index contributed by atoms with van der Waals surface area (Å²) in [5.41, 5.74) is -0.0713. The van der Waals surface area contributed by atoms with Crippen molar-refractivity contribution in [3.05, 3.63) is 22.4 Å². The minimum atomic E-state index is -0.0713. The van der Waals surface area contributed by atoms with Gasteiger partial charge in [-0.05, 0) is 49.7 Å². The third kappa shape index (κ3) is 3.97. The van der Waals surface area contributed by atoms with Crippen LogP contribution in [0.2, 0.25) is 0 Å². The first kappa shape index (κ1) is 16.0. The van der Waals surface area contributed by atoms with E-state index < -0.39 is 0 Å². The van der Waals surface area contributed by atoms with Crippen LogP contribution in [0.4, 0.5) is 0 Å². The maximum absolute atomic E-state index is 6.34. The summed E-state index contributed by atoms with van der Waals surface area (Å²) in [6, 6.07) is 4.37. The predicted octanol–water partition coefficient (Wildman–Crippen LogP) is 2.45. The van der Waals surface area contributed by atoms with Crippen molar-refractivity contribution < 1.29 is 9.47 Å². The fraction of sp³-hybridized carbons (Fsp3) is 0.778. The van der Waals surface area contributed by atoms with Gasteiger partial charge in [0.15, 0.2) is 0 Å². The van der Waals surface area contributed by atoms with Gasteiger partial charge in [0.1, 0.15) is 5.60 Å². The van der Waals surface area contributed by atoms with Crippen LogP contribution in [0.3, 0.4) is 0 Å². The van der Waals surface area contributed by atoms with Gasteiger partial charge in [0.25, 0.3) is 0 Å². The monoisotopic (exact) mass is 336 g/mol. The Labute approximate surface area is 143 Å². The molecule has 0 unspecified atom stereocenters. The van der Waals surface area contributed by atoms with E-state index in [1.54, 1.807) is 0 Å². The first-order valence-electron chi connectivity index (χ1n) is 9.00. The van der Waals surface area contributed by atoms with E-state index in [1.807, 2.05) is 11.3 Å². The van der Waals surface area contributed by atoms with E-state index in [1.165, 1.54) is 37.4 Å². The van der Waals surface area contributed by atoms with Gasteiger partial charge in [-0.1, -0.05) is 6.07 Å². The molecule has 0 N–H and O–H groups in total. The van der Waals surface area contributed by atoms with E-state index in [4.69, 9.17) is 9.47 Å². The van der Waals surface area contributed by atoms with Gasteiger partial charge in [-0.15, -0.1) is 11.3 Å². The molecule has 3 aliphatic rings. The maximum atomic E-state index is 6.34. The molecule has 2 atom stereocenters. The highest BCUT2D eigenvalue weighted by atomic mass is 32.1. The average molecular weight is 337 g/mol. The van der Waals surface area contributed by atoms with Crippen molar-refractivity contribution in [1.82, 2.24) is 9.80 Å². The SMILES string of the molecule is c1csc(CN2CCOC[C@]3(C[C@H](CN4CCCC4)CO3)C2)c1. The Kier molecular flexibility index (Phi) is 5.02. The van der Waals surface area contributed by atoms with Gasteiger partial charge in [0.2, 0.25) is 0 Å². The van der Waals surface area contributed by atoms with Crippen LogP contribution >= 0.6 is 11.3 Å². The van der Waals surface area contributed by atoms with Gasteiger partial charge in [-0.2, -0.15) is 0 Å².